The van der Waals surface area contributed by atoms with E-state index in [0.29, 0.717) is 23.4 Å². The largest absolute Gasteiger partial charge is 0.397 e. The maximum Gasteiger partial charge on any atom is 0.129 e. The maximum atomic E-state index is 13.5. The van der Waals surface area contributed by atoms with Crippen LogP contribution < -0.4 is 11.1 Å². The maximum absolute atomic E-state index is 13.5. The Morgan fingerprint density at radius 3 is 2.37 bits per heavy atom. The smallest absolute Gasteiger partial charge is 0.129 e. The highest BCUT2D eigenvalue weighted by molar-refractivity contribution is 9.10. The molecule has 19 heavy (non-hydrogen) atoms. The van der Waals surface area contributed by atoms with Crippen LogP contribution in [0.4, 0.5) is 15.8 Å². The van der Waals surface area contributed by atoms with Gasteiger partial charge in [-0.3, -0.25) is 0 Å². The summed E-state index contributed by atoms with van der Waals surface area (Å²) in [6, 6.07) is 9.40. The van der Waals surface area contributed by atoms with Gasteiger partial charge in [-0.2, -0.15) is 0 Å². The van der Waals surface area contributed by atoms with Crippen molar-refractivity contribution in [2.45, 2.75) is 20.4 Å². The molecule has 4 heteroatoms. The monoisotopic (exact) mass is 322 g/mol. The molecule has 0 radical (unpaired) electrons. The van der Waals surface area contributed by atoms with Gasteiger partial charge in [-0.25, -0.2) is 4.39 Å². The first-order valence-corrected chi connectivity index (χ1v) is 6.81. The summed E-state index contributed by atoms with van der Waals surface area (Å²) in [5.74, 6) is -0.132. The van der Waals surface area contributed by atoms with E-state index in [0.717, 1.165) is 15.7 Å². The second-order valence-corrected chi connectivity index (χ2v) is 5.54. The fourth-order valence-corrected chi connectivity index (χ4v) is 2.41. The van der Waals surface area contributed by atoms with Gasteiger partial charge in [-0.15, -0.1) is 0 Å². The average Bonchev–Trinajstić information content (AvgIpc) is 2.34. The Balaban J connectivity index is 2.14. The molecule has 0 saturated heterocycles. The number of rotatable bonds is 3. The third kappa shape index (κ3) is 3.26. The van der Waals surface area contributed by atoms with Gasteiger partial charge in [0, 0.05) is 11.0 Å². The lowest BCUT2D eigenvalue weighted by Crippen LogP contribution is -2.03. The summed E-state index contributed by atoms with van der Waals surface area (Å²) in [6.45, 7) is 4.17. The van der Waals surface area contributed by atoms with E-state index in [-0.39, 0.29) is 5.82 Å². The molecule has 0 aliphatic carbocycles. The Hall–Kier alpha value is -1.55. The van der Waals surface area contributed by atoms with E-state index in [1.54, 1.807) is 13.8 Å². The molecule has 0 bridgehead atoms. The zero-order valence-electron chi connectivity index (χ0n) is 10.9. The van der Waals surface area contributed by atoms with E-state index < -0.39 is 0 Å². The first-order chi connectivity index (χ1) is 8.97. The van der Waals surface area contributed by atoms with Crippen molar-refractivity contribution in [3.8, 4) is 0 Å². The normalized spacial score (nSPS) is 10.5. The highest BCUT2D eigenvalue weighted by Crippen LogP contribution is 2.24. The van der Waals surface area contributed by atoms with Crippen molar-refractivity contribution in [2.24, 2.45) is 0 Å². The Bertz CT molecular complexity index is 588. The van der Waals surface area contributed by atoms with E-state index in [1.807, 2.05) is 30.3 Å². The highest BCUT2D eigenvalue weighted by atomic mass is 79.9. The molecule has 2 aromatic carbocycles. The lowest BCUT2D eigenvalue weighted by molar-refractivity contribution is 0.608. The van der Waals surface area contributed by atoms with Crippen molar-refractivity contribution in [1.29, 1.82) is 0 Å². The fraction of sp³-hybridized carbons (Fsp3) is 0.200. The van der Waals surface area contributed by atoms with Crippen molar-refractivity contribution in [3.05, 3.63) is 57.3 Å². The van der Waals surface area contributed by atoms with Crippen LogP contribution in [-0.4, -0.2) is 0 Å². The minimum absolute atomic E-state index is 0.132. The lowest BCUT2D eigenvalue weighted by Gasteiger charge is -2.11. The second kappa shape index (κ2) is 5.61. The summed E-state index contributed by atoms with van der Waals surface area (Å²) in [4.78, 5) is 0. The molecule has 2 aromatic rings. The van der Waals surface area contributed by atoms with Crippen molar-refractivity contribution < 1.29 is 4.39 Å². The molecular formula is C15H16BrFN2. The van der Waals surface area contributed by atoms with Crippen molar-refractivity contribution in [3.63, 3.8) is 0 Å². The summed E-state index contributed by atoms with van der Waals surface area (Å²) >= 11 is 3.37. The molecule has 0 saturated carbocycles. The predicted molar refractivity (Wildman–Crippen MR) is 81.8 cm³/mol. The summed E-state index contributed by atoms with van der Waals surface area (Å²) in [6.07, 6.45) is 0. The molecular weight excluding hydrogens is 307 g/mol. The molecule has 0 atom stereocenters. The molecule has 0 aliphatic heterocycles. The molecule has 0 aromatic heterocycles. The van der Waals surface area contributed by atoms with E-state index in [2.05, 4.69) is 21.2 Å². The molecule has 2 rings (SSSR count). The topological polar surface area (TPSA) is 38.0 Å². The van der Waals surface area contributed by atoms with Crippen LogP contribution in [0.2, 0.25) is 0 Å². The van der Waals surface area contributed by atoms with Crippen molar-refractivity contribution >= 4 is 27.3 Å². The summed E-state index contributed by atoms with van der Waals surface area (Å²) in [5, 5.41) is 3.26. The van der Waals surface area contributed by atoms with Crippen LogP contribution >= 0.6 is 15.9 Å². The lowest BCUT2D eigenvalue weighted by atomic mass is 10.1. The number of halogens is 2. The Morgan fingerprint density at radius 1 is 1.16 bits per heavy atom. The van der Waals surface area contributed by atoms with Crippen LogP contribution in [0.5, 0.6) is 0 Å². The zero-order chi connectivity index (χ0) is 14.0. The quantitative estimate of drug-likeness (QED) is 0.822. The van der Waals surface area contributed by atoms with Crippen LogP contribution in [0.3, 0.4) is 0 Å². The standard InChI is InChI=1S/C15H16BrFN2/c1-9-5-11(6-10(2)15(9)17)8-19-14-4-3-12(16)7-13(14)18/h3-7,19H,8,18H2,1-2H3. The minimum Gasteiger partial charge on any atom is -0.397 e. The van der Waals surface area contributed by atoms with Gasteiger partial charge in [0.2, 0.25) is 0 Å². The van der Waals surface area contributed by atoms with Gasteiger partial charge in [-0.1, -0.05) is 28.1 Å². The molecule has 0 heterocycles. The zero-order valence-corrected chi connectivity index (χ0v) is 12.5. The number of hydrogen-bond donors (Lipinski definition) is 2. The molecule has 0 aliphatic rings. The number of anilines is 2. The van der Waals surface area contributed by atoms with Gasteiger partial charge in [-0.05, 0) is 48.7 Å². The van der Waals surface area contributed by atoms with E-state index in [4.69, 9.17) is 5.73 Å². The molecule has 0 fully saturated rings. The summed E-state index contributed by atoms with van der Waals surface area (Å²) in [7, 11) is 0. The average molecular weight is 323 g/mol. The number of hydrogen-bond acceptors (Lipinski definition) is 2. The van der Waals surface area contributed by atoms with Gasteiger partial charge in [0.05, 0.1) is 11.4 Å². The Labute approximate surface area is 121 Å². The Kier molecular flexibility index (Phi) is 4.10. The van der Waals surface area contributed by atoms with E-state index in [9.17, 15) is 4.39 Å². The van der Waals surface area contributed by atoms with Gasteiger partial charge in [0.15, 0.2) is 0 Å². The molecule has 100 valence electrons. The number of nitrogens with one attached hydrogen (secondary N) is 1. The van der Waals surface area contributed by atoms with E-state index >= 15 is 0 Å². The van der Waals surface area contributed by atoms with Gasteiger partial charge < -0.3 is 11.1 Å². The molecule has 0 spiro atoms. The van der Waals surface area contributed by atoms with E-state index in [1.165, 1.54) is 0 Å². The number of nitrogens with two attached hydrogens (primary N) is 1. The minimum atomic E-state index is -0.132. The summed E-state index contributed by atoms with van der Waals surface area (Å²) in [5.41, 5.74) is 9.85. The second-order valence-electron chi connectivity index (χ2n) is 4.63. The van der Waals surface area contributed by atoms with Gasteiger partial charge >= 0.3 is 0 Å². The SMILES string of the molecule is Cc1cc(CNc2ccc(Br)cc2N)cc(C)c1F. The third-order valence-corrected chi connectivity index (χ3v) is 3.49. The van der Waals surface area contributed by atoms with Crippen LogP contribution in [0, 0.1) is 19.7 Å². The predicted octanol–water partition coefficient (Wildman–Crippen LogP) is 4.40. The first-order valence-electron chi connectivity index (χ1n) is 6.02. The molecule has 0 unspecified atom stereocenters. The third-order valence-electron chi connectivity index (χ3n) is 2.99. The molecule has 2 nitrogen and oxygen atoms in total. The molecule has 3 N–H and O–H groups in total. The van der Waals surface area contributed by atoms with Crippen molar-refractivity contribution in [1.82, 2.24) is 0 Å². The number of nitrogen functional groups attached to an aromatic ring is 1. The van der Waals surface area contributed by atoms with Crippen LogP contribution in [0.15, 0.2) is 34.8 Å². The van der Waals surface area contributed by atoms with Crippen molar-refractivity contribution in [2.75, 3.05) is 11.1 Å². The van der Waals surface area contributed by atoms with Gasteiger partial charge in [0.25, 0.3) is 0 Å². The number of aryl methyl sites for hydroxylation is 2. The molecule has 0 amide bonds. The van der Waals surface area contributed by atoms with Crippen LogP contribution in [0.25, 0.3) is 0 Å². The van der Waals surface area contributed by atoms with Crippen LogP contribution in [0.1, 0.15) is 16.7 Å². The fourth-order valence-electron chi connectivity index (χ4n) is 2.03. The first kappa shape index (κ1) is 13.9. The van der Waals surface area contributed by atoms with Gasteiger partial charge in [0.1, 0.15) is 5.82 Å². The highest BCUT2D eigenvalue weighted by Gasteiger charge is 2.05. The Morgan fingerprint density at radius 2 is 1.79 bits per heavy atom. The summed E-state index contributed by atoms with van der Waals surface area (Å²) < 4.78 is 14.5. The number of benzene rings is 2. The van der Waals surface area contributed by atoms with Crippen LogP contribution in [-0.2, 0) is 6.54 Å².